The van der Waals surface area contributed by atoms with Gasteiger partial charge in [-0.3, -0.25) is 4.98 Å². The molecule has 0 aliphatic carbocycles. The molecular weight excluding hydrogens is 214 g/mol. The van der Waals surface area contributed by atoms with Gasteiger partial charge in [-0.25, -0.2) is 9.97 Å². The smallest absolute Gasteiger partial charge is 0.180 e. The number of hydrogen-bond donors (Lipinski definition) is 1. The van der Waals surface area contributed by atoms with E-state index >= 15 is 0 Å². The molecule has 0 aromatic carbocycles. The van der Waals surface area contributed by atoms with Crippen molar-refractivity contribution in [2.24, 2.45) is 11.7 Å². The first-order chi connectivity index (χ1) is 8.20. The summed E-state index contributed by atoms with van der Waals surface area (Å²) in [4.78, 5) is 15.0. The van der Waals surface area contributed by atoms with Gasteiger partial charge in [-0.05, 0) is 24.6 Å². The topological polar surface area (TPSA) is 67.9 Å². The summed E-state index contributed by atoms with van der Waals surface area (Å²) in [7, 11) is 2.01. The number of fused-ring (bicyclic) bond motifs is 1. The van der Waals surface area contributed by atoms with Gasteiger partial charge in [0.25, 0.3) is 0 Å². The van der Waals surface area contributed by atoms with Crippen molar-refractivity contribution in [2.45, 2.75) is 6.92 Å². The van der Waals surface area contributed by atoms with Crippen LogP contribution in [0.25, 0.3) is 11.2 Å². The third-order valence-electron chi connectivity index (χ3n) is 2.70. The Labute approximate surface area is 101 Å². The minimum Gasteiger partial charge on any atom is -0.359 e. The Balaban J connectivity index is 2.23. The van der Waals surface area contributed by atoms with Gasteiger partial charge in [0.1, 0.15) is 11.3 Å². The van der Waals surface area contributed by atoms with E-state index in [4.69, 9.17) is 5.73 Å². The second kappa shape index (κ2) is 5.05. The molecule has 0 aliphatic rings. The van der Waals surface area contributed by atoms with Crippen LogP contribution in [0.1, 0.15) is 6.92 Å². The van der Waals surface area contributed by atoms with E-state index in [0.717, 1.165) is 17.9 Å². The predicted octanol–water partition coefficient (Wildman–Crippen LogP) is 1.06. The van der Waals surface area contributed by atoms with Gasteiger partial charge in [0.15, 0.2) is 5.65 Å². The maximum Gasteiger partial charge on any atom is 0.180 e. The van der Waals surface area contributed by atoms with Crippen molar-refractivity contribution in [3.63, 3.8) is 0 Å². The highest BCUT2D eigenvalue weighted by Crippen LogP contribution is 2.14. The molecule has 2 N–H and O–H groups in total. The molecule has 2 rings (SSSR count). The first kappa shape index (κ1) is 11.7. The molecule has 0 spiro atoms. The summed E-state index contributed by atoms with van der Waals surface area (Å²) < 4.78 is 0. The summed E-state index contributed by atoms with van der Waals surface area (Å²) in [5.74, 6) is 1.35. The van der Waals surface area contributed by atoms with Crippen LogP contribution >= 0.6 is 0 Å². The second-order valence-corrected chi connectivity index (χ2v) is 4.29. The number of aromatic nitrogens is 3. The molecule has 5 heteroatoms. The first-order valence-electron chi connectivity index (χ1n) is 5.69. The highest BCUT2D eigenvalue weighted by molar-refractivity contribution is 5.71. The summed E-state index contributed by atoms with van der Waals surface area (Å²) in [6.45, 7) is 3.68. The van der Waals surface area contributed by atoms with Crippen molar-refractivity contribution in [1.29, 1.82) is 0 Å². The van der Waals surface area contributed by atoms with Gasteiger partial charge in [0.05, 0.1) is 0 Å². The zero-order valence-corrected chi connectivity index (χ0v) is 10.2. The van der Waals surface area contributed by atoms with E-state index in [2.05, 4.69) is 26.8 Å². The normalized spacial score (nSPS) is 12.6. The van der Waals surface area contributed by atoms with Crippen LogP contribution in [0.2, 0.25) is 0 Å². The lowest BCUT2D eigenvalue weighted by Crippen LogP contribution is -2.28. The van der Waals surface area contributed by atoms with E-state index in [1.807, 2.05) is 19.2 Å². The van der Waals surface area contributed by atoms with Crippen molar-refractivity contribution in [3.8, 4) is 0 Å². The molecule has 0 radical (unpaired) electrons. The Bertz CT molecular complexity index is 499. The van der Waals surface area contributed by atoms with Crippen LogP contribution in [0.15, 0.2) is 24.5 Å². The van der Waals surface area contributed by atoms with Crippen LogP contribution in [0.3, 0.4) is 0 Å². The van der Waals surface area contributed by atoms with Crippen LogP contribution < -0.4 is 10.6 Å². The molecule has 0 fully saturated rings. The summed E-state index contributed by atoms with van der Waals surface area (Å²) in [5, 5.41) is 0. The molecule has 0 amide bonds. The largest absolute Gasteiger partial charge is 0.359 e. The number of nitrogens with two attached hydrogens (primary N) is 1. The average Bonchev–Trinajstić information content (AvgIpc) is 2.38. The molecular formula is C12H17N5. The quantitative estimate of drug-likeness (QED) is 0.852. The standard InChI is InChI=1S/C12H17N5/c1-9(7-13)8-17(2)11-4-3-10-12(16-11)15-6-5-14-10/h3-6,9H,7-8,13H2,1-2H3. The molecule has 2 aromatic heterocycles. The van der Waals surface area contributed by atoms with Gasteiger partial charge in [-0.2, -0.15) is 0 Å². The van der Waals surface area contributed by atoms with Gasteiger partial charge in [-0.1, -0.05) is 6.92 Å². The Morgan fingerprint density at radius 2 is 2.06 bits per heavy atom. The minimum atomic E-state index is 0.444. The third-order valence-corrected chi connectivity index (χ3v) is 2.70. The number of rotatable bonds is 4. The van der Waals surface area contributed by atoms with Crippen LogP contribution in [0.5, 0.6) is 0 Å². The molecule has 0 aliphatic heterocycles. The van der Waals surface area contributed by atoms with E-state index < -0.39 is 0 Å². The van der Waals surface area contributed by atoms with Crippen LogP contribution in [0.4, 0.5) is 5.82 Å². The number of nitrogens with zero attached hydrogens (tertiary/aromatic N) is 4. The van der Waals surface area contributed by atoms with E-state index in [-0.39, 0.29) is 0 Å². The van der Waals surface area contributed by atoms with Crippen LogP contribution in [-0.4, -0.2) is 35.1 Å². The maximum atomic E-state index is 5.62. The van der Waals surface area contributed by atoms with E-state index in [1.54, 1.807) is 12.4 Å². The first-order valence-corrected chi connectivity index (χ1v) is 5.69. The fourth-order valence-corrected chi connectivity index (χ4v) is 1.69. The van der Waals surface area contributed by atoms with Crippen LogP contribution in [-0.2, 0) is 0 Å². The highest BCUT2D eigenvalue weighted by atomic mass is 15.2. The minimum absolute atomic E-state index is 0.444. The van der Waals surface area contributed by atoms with Crippen LogP contribution in [0, 0.1) is 5.92 Å². The number of anilines is 1. The van der Waals surface area contributed by atoms with Gasteiger partial charge >= 0.3 is 0 Å². The zero-order valence-electron chi connectivity index (χ0n) is 10.2. The number of pyridine rings is 1. The van der Waals surface area contributed by atoms with Crippen molar-refractivity contribution in [3.05, 3.63) is 24.5 Å². The van der Waals surface area contributed by atoms with Crippen molar-refractivity contribution in [1.82, 2.24) is 15.0 Å². The Kier molecular flexibility index (Phi) is 3.49. The summed E-state index contributed by atoms with van der Waals surface area (Å²) in [5.41, 5.74) is 7.11. The zero-order chi connectivity index (χ0) is 12.3. The lowest BCUT2D eigenvalue weighted by atomic mass is 10.2. The molecule has 0 saturated carbocycles. The van der Waals surface area contributed by atoms with Gasteiger partial charge < -0.3 is 10.6 Å². The third kappa shape index (κ3) is 2.68. The molecule has 2 heterocycles. The lowest BCUT2D eigenvalue weighted by molar-refractivity contribution is 0.588. The molecule has 17 heavy (non-hydrogen) atoms. The molecule has 2 aromatic rings. The van der Waals surface area contributed by atoms with Gasteiger partial charge in [0.2, 0.25) is 0 Å². The monoisotopic (exact) mass is 231 g/mol. The molecule has 0 bridgehead atoms. The lowest BCUT2D eigenvalue weighted by Gasteiger charge is -2.21. The highest BCUT2D eigenvalue weighted by Gasteiger charge is 2.08. The molecule has 1 atom stereocenters. The van der Waals surface area contributed by atoms with Gasteiger partial charge in [0, 0.05) is 26.0 Å². The van der Waals surface area contributed by atoms with Crippen molar-refractivity contribution < 1.29 is 0 Å². The SMILES string of the molecule is CC(CN)CN(C)c1ccc2nccnc2n1. The second-order valence-electron chi connectivity index (χ2n) is 4.29. The summed E-state index contributed by atoms with van der Waals surface area (Å²) in [6, 6.07) is 3.90. The maximum absolute atomic E-state index is 5.62. The molecule has 0 saturated heterocycles. The van der Waals surface area contributed by atoms with E-state index in [9.17, 15) is 0 Å². The van der Waals surface area contributed by atoms with E-state index in [0.29, 0.717) is 18.1 Å². The Morgan fingerprint density at radius 1 is 1.29 bits per heavy atom. The molecule has 1 unspecified atom stereocenters. The predicted molar refractivity (Wildman–Crippen MR) is 68.8 cm³/mol. The van der Waals surface area contributed by atoms with Crippen molar-refractivity contribution in [2.75, 3.05) is 25.0 Å². The molecule has 90 valence electrons. The fraction of sp³-hybridized carbons (Fsp3) is 0.417. The molecule has 5 nitrogen and oxygen atoms in total. The van der Waals surface area contributed by atoms with Crippen molar-refractivity contribution >= 4 is 17.0 Å². The summed E-state index contributed by atoms with van der Waals surface area (Å²) >= 11 is 0. The Hall–Kier alpha value is -1.75. The number of hydrogen-bond acceptors (Lipinski definition) is 5. The fourth-order valence-electron chi connectivity index (χ4n) is 1.69. The Morgan fingerprint density at radius 3 is 2.82 bits per heavy atom. The summed E-state index contributed by atoms with van der Waals surface area (Å²) in [6.07, 6.45) is 3.32. The van der Waals surface area contributed by atoms with E-state index in [1.165, 1.54) is 0 Å². The average molecular weight is 231 g/mol. The van der Waals surface area contributed by atoms with Gasteiger partial charge in [-0.15, -0.1) is 0 Å².